The topological polar surface area (TPSA) is 30.2 Å². The summed E-state index contributed by atoms with van der Waals surface area (Å²) in [6, 6.07) is 0. The Kier molecular flexibility index (Phi) is 2.24. The van der Waals surface area contributed by atoms with Crippen LogP contribution in [0.5, 0.6) is 0 Å². The smallest absolute Gasteiger partial charge is 0.234 e. The monoisotopic (exact) mass is 265 g/mol. The molecule has 2 aromatic rings. The second kappa shape index (κ2) is 3.59. The van der Waals surface area contributed by atoms with E-state index >= 15 is 0 Å². The van der Waals surface area contributed by atoms with Crippen molar-refractivity contribution in [3.8, 4) is 0 Å². The molecule has 0 aromatic carbocycles. The van der Waals surface area contributed by atoms with Crippen LogP contribution in [0.15, 0.2) is 23.2 Å². The number of imidazole rings is 1. The van der Waals surface area contributed by atoms with Crippen LogP contribution < -0.4 is 0 Å². The first-order valence-electron chi connectivity index (χ1n) is 5.33. The van der Waals surface area contributed by atoms with Gasteiger partial charge in [0.2, 0.25) is 5.78 Å². The molecular weight excluding hydrogens is 254 g/mol. The summed E-state index contributed by atoms with van der Waals surface area (Å²) in [5.41, 5.74) is 1.35. The lowest BCUT2D eigenvalue weighted by atomic mass is 10.0. The summed E-state index contributed by atoms with van der Waals surface area (Å²) < 4.78 is 2.98. The molecule has 3 nitrogen and oxygen atoms in total. The summed E-state index contributed by atoms with van der Waals surface area (Å²) in [4.78, 5) is 8.56. The molecule has 78 valence electrons. The van der Waals surface area contributed by atoms with Crippen molar-refractivity contribution in [1.29, 1.82) is 0 Å². The summed E-state index contributed by atoms with van der Waals surface area (Å²) in [5.74, 6) is 1.47. The zero-order chi connectivity index (χ0) is 10.3. The average Bonchev–Trinajstić information content (AvgIpc) is 2.88. The van der Waals surface area contributed by atoms with Crippen LogP contribution in [0.1, 0.15) is 37.2 Å². The quantitative estimate of drug-likeness (QED) is 0.793. The minimum Gasteiger partial charge on any atom is -0.278 e. The predicted octanol–water partition coefficient (Wildman–Crippen LogP) is 3.15. The van der Waals surface area contributed by atoms with E-state index in [2.05, 4.69) is 32.1 Å². The van der Waals surface area contributed by atoms with Crippen LogP contribution in [-0.4, -0.2) is 14.4 Å². The third-order valence-corrected chi connectivity index (χ3v) is 3.75. The molecule has 1 fully saturated rings. The molecule has 0 bridgehead atoms. The second-order valence-electron chi connectivity index (χ2n) is 4.12. The Bertz CT molecular complexity index is 486. The third-order valence-electron chi connectivity index (χ3n) is 3.17. The van der Waals surface area contributed by atoms with Crippen molar-refractivity contribution >= 4 is 21.7 Å². The van der Waals surface area contributed by atoms with Crippen LogP contribution in [0.3, 0.4) is 0 Å². The molecule has 0 N–H and O–H groups in total. The summed E-state index contributed by atoms with van der Waals surface area (Å²) >= 11 is 3.47. The highest BCUT2D eigenvalue weighted by molar-refractivity contribution is 9.10. The van der Waals surface area contributed by atoms with E-state index in [9.17, 15) is 0 Å². The second-order valence-corrected chi connectivity index (χ2v) is 4.93. The van der Waals surface area contributed by atoms with Gasteiger partial charge in [-0.15, -0.1) is 0 Å². The Hall–Kier alpha value is -0.900. The third kappa shape index (κ3) is 1.57. The summed E-state index contributed by atoms with van der Waals surface area (Å²) in [5, 5.41) is 0. The Balaban J connectivity index is 2.08. The highest BCUT2D eigenvalue weighted by atomic mass is 79.9. The van der Waals surface area contributed by atoms with Crippen LogP contribution in [0.4, 0.5) is 0 Å². The number of hydrogen-bond acceptors (Lipinski definition) is 2. The number of nitrogens with zero attached hydrogens (tertiary/aromatic N) is 3. The zero-order valence-corrected chi connectivity index (χ0v) is 9.94. The SMILES string of the molecule is Brc1cnc2ncc(C3CCCC3)cn12. The summed E-state index contributed by atoms with van der Waals surface area (Å²) in [6.45, 7) is 0. The molecule has 3 rings (SSSR count). The molecule has 0 atom stereocenters. The van der Waals surface area contributed by atoms with E-state index in [4.69, 9.17) is 0 Å². The molecule has 0 aliphatic heterocycles. The number of rotatable bonds is 1. The maximum Gasteiger partial charge on any atom is 0.234 e. The van der Waals surface area contributed by atoms with Crippen LogP contribution >= 0.6 is 15.9 Å². The Morgan fingerprint density at radius 1 is 1.20 bits per heavy atom. The van der Waals surface area contributed by atoms with Crippen molar-refractivity contribution in [3.63, 3.8) is 0 Å². The fourth-order valence-corrected chi connectivity index (χ4v) is 2.69. The minimum absolute atomic E-state index is 0.705. The summed E-state index contributed by atoms with van der Waals surface area (Å²) in [7, 11) is 0. The number of hydrogen-bond donors (Lipinski definition) is 0. The average molecular weight is 266 g/mol. The van der Waals surface area contributed by atoms with E-state index in [-0.39, 0.29) is 0 Å². The molecular formula is C11H12BrN3. The van der Waals surface area contributed by atoms with Crippen molar-refractivity contribution in [2.45, 2.75) is 31.6 Å². The fourth-order valence-electron chi connectivity index (χ4n) is 2.33. The molecule has 0 spiro atoms. The van der Waals surface area contributed by atoms with Gasteiger partial charge in [0, 0.05) is 12.4 Å². The van der Waals surface area contributed by atoms with Gasteiger partial charge in [-0.2, -0.15) is 0 Å². The van der Waals surface area contributed by atoms with E-state index in [1.807, 2.05) is 10.6 Å². The Morgan fingerprint density at radius 3 is 2.73 bits per heavy atom. The fraction of sp³-hybridized carbons (Fsp3) is 0.455. The summed E-state index contributed by atoms with van der Waals surface area (Å²) in [6.07, 6.45) is 11.3. The first kappa shape index (κ1) is 9.33. The molecule has 2 aromatic heterocycles. The van der Waals surface area contributed by atoms with Gasteiger partial charge in [0.25, 0.3) is 0 Å². The zero-order valence-electron chi connectivity index (χ0n) is 8.36. The normalized spacial score (nSPS) is 17.7. The van der Waals surface area contributed by atoms with Gasteiger partial charge in [-0.25, -0.2) is 9.97 Å². The molecule has 4 heteroatoms. The largest absolute Gasteiger partial charge is 0.278 e. The van der Waals surface area contributed by atoms with Gasteiger partial charge in [0.1, 0.15) is 4.60 Å². The van der Waals surface area contributed by atoms with Gasteiger partial charge in [-0.05, 0) is 40.3 Å². The molecule has 15 heavy (non-hydrogen) atoms. The Morgan fingerprint density at radius 2 is 1.93 bits per heavy atom. The lowest BCUT2D eigenvalue weighted by Gasteiger charge is -2.08. The van der Waals surface area contributed by atoms with Gasteiger partial charge in [-0.3, -0.25) is 4.40 Å². The number of aromatic nitrogens is 3. The first-order chi connectivity index (χ1) is 7.34. The van der Waals surface area contributed by atoms with Crippen molar-refractivity contribution in [3.05, 3.63) is 28.8 Å². The first-order valence-corrected chi connectivity index (χ1v) is 6.12. The van der Waals surface area contributed by atoms with E-state index in [0.29, 0.717) is 5.92 Å². The molecule has 0 unspecified atom stereocenters. The van der Waals surface area contributed by atoms with E-state index < -0.39 is 0 Å². The van der Waals surface area contributed by atoms with Gasteiger partial charge in [0.15, 0.2) is 0 Å². The molecule has 0 saturated heterocycles. The minimum atomic E-state index is 0.705. The van der Waals surface area contributed by atoms with Crippen molar-refractivity contribution in [1.82, 2.24) is 14.4 Å². The van der Waals surface area contributed by atoms with Gasteiger partial charge < -0.3 is 0 Å². The molecule has 1 aliphatic carbocycles. The van der Waals surface area contributed by atoms with Crippen molar-refractivity contribution in [2.75, 3.05) is 0 Å². The lowest BCUT2D eigenvalue weighted by Crippen LogP contribution is -1.98. The van der Waals surface area contributed by atoms with Gasteiger partial charge in [0.05, 0.1) is 6.20 Å². The van der Waals surface area contributed by atoms with E-state index in [1.54, 1.807) is 6.20 Å². The van der Waals surface area contributed by atoms with Gasteiger partial charge >= 0.3 is 0 Å². The van der Waals surface area contributed by atoms with E-state index in [0.717, 1.165) is 10.4 Å². The predicted molar refractivity (Wildman–Crippen MR) is 61.9 cm³/mol. The van der Waals surface area contributed by atoms with Crippen molar-refractivity contribution < 1.29 is 0 Å². The maximum absolute atomic E-state index is 4.37. The maximum atomic E-state index is 4.37. The van der Waals surface area contributed by atoms with Crippen LogP contribution in [-0.2, 0) is 0 Å². The lowest BCUT2D eigenvalue weighted by molar-refractivity contribution is 0.712. The van der Waals surface area contributed by atoms with Crippen LogP contribution in [0.25, 0.3) is 5.78 Å². The Labute approximate surface area is 96.7 Å². The standard InChI is InChI=1S/C11H12BrN3/c12-10-6-14-11-13-5-9(7-15(10)11)8-3-1-2-4-8/h5-8H,1-4H2. The van der Waals surface area contributed by atoms with Crippen LogP contribution in [0.2, 0.25) is 0 Å². The highest BCUT2D eigenvalue weighted by Crippen LogP contribution is 2.33. The molecule has 0 amide bonds. The molecule has 2 heterocycles. The molecule has 1 aliphatic rings. The molecule has 1 saturated carbocycles. The number of halogens is 1. The van der Waals surface area contributed by atoms with Crippen molar-refractivity contribution in [2.24, 2.45) is 0 Å². The highest BCUT2D eigenvalue weighted by Gasteiger charge is 2.18. The van der Waals surface area contributed by atoms with Gasteiger partial charge in [-0.1, -0.05) is 12.8 Å². The molecule has 0 radical (unpaired) electrons. The van der Waals surface area contributed by atoms with E-state index in [1.165, 1.54) is 31.2 Å². The number of fused-ring (bicyclic) bond motifs is 1. The van der Waals surface area contributed by atoms with Crippen LogP contribution in [0, 0.1) is 0 Å².